The predicted octanol–water partition coefficient (Wildman–Crippen LogP) is 4.09. The number of esters is 1. The van der Waals surface area contributed by atoms with E-state index in [1.54, 1.807) is 73.7 Å². The fraction of sp³-hybridized carbons (Fsp3) is 0.154. The van der Waals surface area contributed by atoms with Crippen molar-refractivity contribution in [3.8, 4) is 11.5 Å². The second-order valence-corrected chi connectivity index (χ2v) is 7.30. The summed E-state index contributed by atoms with van der Waals surface area (Å²) in [6.45, 7) is 5.82. The molecule has 0 aliphatic carbocycles. The van der Waals surface area contributed by atoms with E-state index in [1.807, 2.05) is 19.9 Å². The molecule has 0 saturated carbocycles. The maximum absolute atomic E-state index is 12.3. The smallest absolute Gasteiger partial charge is 0.343 e. The molecule has 2 amide bonds. The largest absolute Gasteiger partial charge is 0.492 e. The van der Waals surface area contributed by atoms with Crippen molar-refractivity contribution < 1.29 is 23.9 Å². The Morgan fingerprint density at radius 1 is 0.882 bits per heavy atom. The average molecular weight is 460 g/mol. The van der Waals surface area contributed by atoms with Crippen molar-refractivity contribution in [2.45, 2.75) is 20.8 Å². The molecule has 0 unspecified atom stereocenters. The highest BCUT2D eigenvalue weighted by Crippen LogP contribution is 2.23. The van der Waals surface area contributed by atoms with Gasteiger partial charge in [0.1, 0.15) is 11.5 Å². The van der Waals surface area contributed by atoms with Crippen molar-refractivity contribution in [3.05, 3.63) is 89.5 Å². The summed E-state index contributed by atoms with van der Waals surface area (Å²) in [5.74, 6) is -1.41. The number of amides is 2. The molecule has 0 aromatic heterocycles. The van der Waals surface area contributed by atoms with Crippen molar-refractivity contribution in [2.24, 2.45) is 5.10 Å². The molecule has 0 fully saturated rings. The van der Waals surface area contributed by atoms with E-state index < -0.39 is 17.8 Å². The quantitative estimate of drug-likeness (QED) is 0.182. The first kappa shape index (κ1) is 24.2. The van der Waals surface area contributed by atoms with E-state index in [1.165, 1.54) is 0 Å². The molecule has 0 saturated heterocycles. The van der Waals surface area contributed by atoms with E-state index in [-0.39, 0.29) is 0 Å². The van der Waals surface area contributed by atoms with Crippen LogP contribution in [0.1, 0.15) is 35.3 Å². The van der Waals surface area contributed by atoms with Crippen LogP contribution in [0.5, 0.6) is 11.5 Å². The van der Waals surface area contributed by atoms with Gasteiger partial charge in [-0.25, -0.2) is 10.2 Å². The number of para-hydroxylation sites is 2. The van der Waals surface area contributed by atoms with Crippen molar-refractivity contribution in [3.63, 3.8) is 0 Å². The van der Waals surface area contributed by atoms with Crippen molar-refractivity contribution in [1.82, 2.24) is 5.43 Å². The van der Waals surface area contributed by atoms with Gasteiger partial charge >= 0.3 is 17.8 Å². The zero-order valence-corrected chi connectivity index (χ0v) is 19.1. The molecule has 2 N–H and O–H groups in total. The van der Waals surface area contributed by atoms with E-state index in [2.05, 4.69) is 15.8 Å². The minimum absolute atomic E-state index is 0.374. The molecule has 3 rings (SSSR count). The molecular weight excluding hydrogens is 434 g/mol. The van der Waals surface area contributed by atoms with Crippen molar-refractivity contribution >= 4 is 29.2 Å². The Hall–Kier alpha value is -4.46. The summed E-state index contributed by atoms with van der Waals surface area (Å²) in [7, 11) is 0. The highest BCUT2D eigenvalue weighted by atomic mass is 16.5. The van der Waals surface area contributed by atoms with Gasteiger partial charge in [0.15, 0.2) is 0 Å². The summed E-state index contributed by atoms with van der Waals surface area (Å²) in [5, 5.41) is 6.49. The molecule has 0 atom stereocenters. The minimum atomic E-state index is -0.922. The number of benzene rings is 3. The van der Waals surface area contributed by atoms with Crippen LogP contribution in [0.4, 0.5) is 5.69 Å². The number of hydrazone groups is 1. The Morgan fingerprint density at radius 3 is 2.32 bits per heavy atom. The number of hydrogen-bond donors (Lipinski definition) is 2. The minimum Gasteiger partial charge on any atom is -0.492 e. The first-order valence-electron chi connectivity index (χ1n) is 10.6. The molecule has 174 valence electrons. The van der Waals surface area contributed by atoms with Gasteiger partial charge in [0.25, 0.3) is 0 Å². The SMILES string of the molecule is CCOc1ccccc1NC(=O)C(=O)N/N=C(\C)c1ccc(OC(=O)c2cccc(C)c2)cc1. The molecule has 0 bridgehead atoms. The van der Waals surface area contributed by atoms with Crippen LogP contribution in [0.3, 0.4) is 0 Å². The number of hydrogen-bond acceptors (Lipinski definition) is 6. The third kappa shape index (κ3) is 6.52. The molecule has 3 aromatic carbocycles. The Kier molecular flexibility index (Phi) is 8.12. The standard InChI is InChI=1S/C26H25N3O5/c1-4-33-23-11-6-5-10-22(23)27-24(30)25(31)29-28-18(3)19-12-14-21(15-13-19)34-26(32)20-9-7-8-17(2)16-20/h5-16H,4H2,1-3H3,(H,27,30)(H,29,31)/b28-18+. The third-order valence-corrected chi connectivity index (χ3v) is 4.70. The Labute approximate surface area is 197 Å². The Balaban J connectivity index is 1.58. The van der Waals surface area contributed by atoms with Gasteiger partial charge in [0.05, 0.1) is 23.6 Å². The van der Waals surface area contributed by atoms with Gasteiger partial charge in [-0.05, 0) is 74.9 Å². The number of ether oxygens (including phenoxy) is 2. The average Bonchev–Trinajstić information content (AvgIpc) is 2.84. The fourth-order valence-corrected chi connectivity index (χ4v) is 2.98. The van der Waals surface area contributed by atoms with Gasteiger partial charge in [-0.2, -0.15) is 5.10 Å². The summed E-state index contributed by atoms with van der Waals surface area (Å²) in [5.41, 5.74) is 5.20. The van der Waals surface area contributed by atoms with Crippen LogP contribution in [0.2, 0.25) is 0 Å². The summed E-state index contributed by atoms with van der Waals surface area (Å²) in [6.07, 6.45) is 0. The van der Waals surface area contributed by atoms with E-state index in [0.29, 0.717) is 40.6 Å². The molecular formula is C26H25N3O5. The summed E-state index contributed by atoms with van der Waals surface area (Å²) in [4.78, 5) is 36.6. The van der Waals surface area contributed by atoms with Crippen molar-refractivity contribution in [1.29, 1.82) is 0 Å². The van der Waals surface area contributed by atoms with E-state index >= 15 is 0 Å². The number of aryl methyl sites for hydroxylation is 1. The van der Waals surface area contributed by atoms with Crippen LogP contribution < -0.4 is 20.2 Å². The highest BCUT2D eigenvalue weighted by molar-refractivity contribution is 6.39. The second-order valence-electron chi connectivity index (χ2n) is 7.30. The molecule has 0 spiro atoms. The lowest BCUT2D eigenvalue weighted by Gasteiger charge is -2.10. The number of carbonyl (C=O) groups excluding carboxylic acids is 3. The topological polar surface area (TPSA) is 106 Å². The van der Waals surface area contributed by atoms with Crippen LogP contribution in [-0.4, -0.2) is 30.1 Å². The Morgan fingerprint density at radius 2 is 1.62 bits per heavy atom. The van der Waals surface area contributed by atoms with E-state index in [0.717, 1.165) is 5.56 Å². The molecule has 8 heteroatoms. The zero-order valence-electron chi connectivity index (χ0n) is 19.1. The number of nitrogens with zero attached hydrogens (tertiary/aromatic N) is 1. The monoisotopic (exact) mass is 459 g/mol. The van der Waals surface area contributed by atoms with Crippen molar-refractivity contribution in [2.75, 3.05) is 11.9 Å². The zero-order chi connectivity index (χ0) is 24.5. The van der Waals surface area contributed by atoms with Crippen LogP contribution in [0.25, 0.3) is 0 Å². The number of rotatable bonds is 7. The van der Waals surface area contributed by atoms with E-state index in [9.17, 15) is 14.4 Å². The number of anilines is 1. The van der Waals surface area contributed by atoms with Crippen LogP contribution in [0.15, 0.2) is 77.9 Å². The third-order valence-electron chi connectivity index (χ3n) is 4.70. The highest BCUT2D eigenvalue weighted by Gasteiger charge is 2.15. The Bertz CT molecular complexity index is 1220. The van der Waals surface area contributed by atoms with Crippen LogP contribution in [0, 0.1) is 6.92 Å². The van der Waals surface area contributed by atoms with Gasteiger partial charge < -0.3 is 14.8 Å². The molecule has 0 radical (unpaired) electrons. The predicted molar refractivity (Wildman–Crippen MR) is 129 cm³/mol. The van der Waals surface area contributed by atoms with Gasteiger partial charge in [-0.1, -0.05) is 29.8 Å². The summed E-state index contributed by atoms with van der Waals surface area (Å²) >= 11 is 0. The summed E-state index contributed by atoms with van der Waals surface area (Å²) in [6, 6.07) is 20.6. The second kappa shape index (κ2) is 11.4. The first-order valence-corrected chi connectivity index (χ1v) is 10.6. The van der Waals surface area contributed by atoms with Crippen LogP contribution >= 0.6 is 0 Å². The van der Waals surface area contributed by atoms with Crippen LogP contribution in [-0.2, 0) is 9.59 Å². The molecule has 0 heterocycles. The molecule has 34 heavy (non-hydrogen) atoms. The molecule has 0 aliphatic rings. The van der Waals surface area contributed by atoms with Gasteiger partial charge in [-0.3, -0.25) is 9.59 Å². The molecule has 8 nitrogen and oxygen atoms in total. The van der Waals surface area contributed by atoms with Gasteiger partial charge in [0.2, 0.25) is 0 Å². The maximum atomic E-state index is 12.3. The fourth-order valence-electron chi connectivity index (χ4n) is 2.98. The lowest BCUT2D eigenvalue weighted by molar-refractivity contribution is -0.136. The van der Waals surface area contributed by atoms with Gasteiger partial charge in [-0.15, -0.1) is 0 Å². The lowest BCUT2D eigenvalue weighted by Crippen LogP contribution is -2.33. The normalized spacial score (nSPS) is 10.9. The van der Waals surface area contributed by atoms with E-state index in [4.69, 9.17) is 9.47 Å². The maximum Gasteiger partial charge on any atom is 0.343 e. The van der Waals surface area contributed by atoms with Gasteiger partial charge in [0, 0.05) is 0 Å². The molecule has 0 aliphatic heterocycles. The first-order chi connectivity index (χ1) is 16.4. The lowest BCUT2D eigenvalue weighted by atomic mass is 10.1. The molecule has 3 aromatic rings. The number of carbonyl (C=O) groups is 3. The summed E-state index contributed by atoms with van der Waals surface area (Å²) < 4.78 is 10.8. The number of nitrogens with one attached hydrogen (secondary N) is 2.